The van der Waals surface area contributed by atoms with Crippen LogP contribution < -0.4 is 25.7 Å². The predicted molar refractivity (Wildman–Crippen MR) is 161 cm³/mol. The Morgan fingerprint density at radius 3 is 2.37 bits per heavy atom. The van der Waals surface area contributed by atoms with Gasteiger partial charge in [-0.2, -0.15) is 9.97 Å². The minimum Gasteiger partial charge on any atom is -0.490 e. The van der Waals surface area contributed by atoms with E-state index in [1.807, 2.05) is 20.8 Å². The zero-order valence-corrected chi connectivity index (χ0v) is 25.0. The lowest BCUT2D eigenvalue weighted by Gasteiger charge is -2.19. The summed E-state index contributed by atoms with van der Waals surface area (Å²) in [5.41, 5.74) is 12.9. The van der Waals surface area contributed by atoms with Crippen LogP contribution in [-0.2, 0) is 4.79 Å². The van der Waals surface area contributed by atoms with Gasteiger partial charge in [-0.15, -0.1) is 0 Å². The number of rotatable bonds is 12. The van der Waals surface area contributed by atoms with E-state index in [4.69, 9.17) is 31.1 Å². The van der Waals surface area contributed by atoms with Crippen LogP contribution in [0.15, 0.2) is 42.5 Å². The average Bonchev–Trinajstić information content (AvgIpc) is 3.27. The van der Waals surface area contributed by atoms with E-state index >= 15 is 0 Å². The lowest BCUT2D eigenvalue weighted by atomic mass is 10.0. The molecule has 0 saturated carbocycles. The molecule has 1 unspecified atom stereocenters. The highest BCUT2D eigenvalue weighted by Crippen LogP contribution is 2.36. The van der Waals surface area contributed by atoms with Gasteiger partial charge in [-0.1, -0.05) is 19.9 Å². The number of amidine groups is 1. The number of aryl methyl sites for hydroxylation is 1. The Morgan fingerprint density at radius 1 is 1.00 bits per heavy atom. The summed E-state index contributed by atoms with van der Waals surface area (Å²) in [6, 6.07) is 10.6. The molecule has 2 aromatic carbocycles. The Kier molecular flexibility index (Phi) is 9.12. The quantitative estimate of drug-likeness (QED) is 0.161. The Hall–Kier alpha value is -5.20. The van der Waals surface area contributed by atoms with E-state index in [2.05, 4.69) is 15.0 Å². The zero-order chi connectivity index (χ0) is 31.4. The van der Waals surface area contributed by atoms with Gasteiger partial charge in [-0.25, -0.2) is 4.98 Å². The topological polar surface area (TPSA) is 185 Å². The first-order valence-electron chi connectivity index (χ1n) is 13.7. The minimum absolute atomic E-state index is 0.0322. The first-order chi connectivity index (χ1) is 20.4. The summed E-state index contributed by atoms with van der Waals surface area (Å²) in [5.74, 6) is 0.674. The molecule has 4 rings (SSSR count). The molecule has 2 aromatic heterocycles. The molecule has 13 heteroatoms. The van der Waals surface area contributed by atoms with Crippen LogP contribution in [0, 0.1) is 18.3 Å². The highest BCUT2D eigenvalue weighted by Gasteiger charge is 2.27. The molecule has 0 bridgehead atoms. The van der Waals surface area contributed by atoms with Crippen LogP contribution in [-0.4, -0.2) is 62.8 Å². The summed E-state index contributed by atoms with van der Waals surface area (Å²) >= 11 is 0. The molecule has 0 spiro atoms. The molecule has 0 radical (unpaired) electrons. The number of imidazole rings is 1. The number of primary amides is 1. The maximum absolute atomic E-state index is 12.6. The van der Waals surface area contributed by atoms with Crippen molar-refractivity contribution >= 4 is 28.8 Å². The zero-order valence-electron chi connectivity index (χ0n) is 25.0. The third-order valence-corrected chi connectivity index (χ3v) is 6.46. The van der Waals surface area contributed by atoms with Crippen molar-refractivity contribution < 1.29 is 23.8 Å². The van der Waals surface area contributed by atoms with E-state index in [9.17, 15) is 9.59 Å². The number of hydrogen-bond acceptors (Lipinski definition) is 9. The highest BCUT2D eigenvalue weighted by molar-refractivity contribution is 5.95. The standard InChI is InChI=1S/C30H36N8O5/c1-7-41-22-12-11-18(25(31)32)15-23(22)43-30-35-27-24(34-17(4)38(27)21(26(33)39)13-16(2)3)28(36-30)42-20-10-8-9-19(14-20)29(40)37(5)6/h8-12,14-16,21H,7,13H2,1-6H3,(H3,31,32)(H2,33,39). The third-order valence-electron chi connectivity index (χ3n) is 6.46. The van der Waals surface area contributed by atoms with Crippen molar-refractivity contribution in [3.63, 3.8) is 0 Å². The maximum atomic E-state index is 12.6. The fourth-order valence-corrected chi connectivity index (χ4v) is 4.51. The fourth-order valence-electron chi connectivity index (χ4n) is 4.51. The second-order valence-corrected chi connectivity index (χ2v) is 10.5. The molecular formula is C30H36N8O5. The number of ether oxygens (including phenoxy) is 3. The monoisotopic (exact) mass is 588 g/mol. The molecule has 0 saturated heterocycles. The molecular weight excluding hydrogens is 552 g/mol. The Balaban J connectivity index is 1.91. The van der Waals surface area contributed by atoms with Crippen molar-refractivity contribution in [1.29, 1.82) is 5.41 Å². The number of benzene rings is 2. The summed E-state index contributed by atoms with van der Waals surface area (Å²) in [6.45, 7) is 7.89. The minimum atomic E-state index is -0.748. The fraction of sp³-hybridized carbons (Fsp3) is 0.333. The van der Waals surface area contributed by atoms with Gasteiger partial charge >= 0.3 is 6.01 Å². The number of fused-ring (bicyclic) bond motifs is 1. The number of amides is 2. The smallest absolute Gasteiger partial charge is 0.327 e. The number of nitrogens with two attached hydrogens (primary N) is 2. The molecule has 2 amide bonds. The second kappa shape index (κ2) is 12.8. The Bertz CT molecular complexity index is 1680. The summed E-state index contributed by atoms with van der Waals surface area (Å²) < 4.78 is 19.7. The molecule has 5 N–H and O–H groups in total. The maximum Gasteiger partial charge on any atom is 0.327 e. The first-order valence-corrected chi connectivity index (χ1v) is 13.7. The van der Waals surface area contributed by atoms with E-state index in [1.54, 1.807) is 68.1 Å². The molecule has 43 heavy (non-hydrogen) atoms. The number of carbonyl (C=O) groups is 2. The van der Waals surface area contributed by atoms with Crippen LogP contribution in [0.5, 0.6) is 29.1 Å². The van der Waals surface area contributed by atoms with E-state index in [-0.39, 0.29) is 46.5 Å². The van der Waals surface area contributed by atoms with Gasteiger partial charge in [0.05, 0.1) is 6.61 Å². The number of hydrogen-bond donors (Lipinski definition) is 3. The van der Waals surface area contributed by atoms with Gasteiger partial charge in [0.2, 0.25) is 5.91 Å². The van der Waals surface area contributed by atoms with Crippen LogP contribution >= 0.6 is 0 Å². The largest absolute Gasteiger partial charge is 0.490 e. The summed E-state index contributed by atoms with van der Waals surface area (Å²) in [5, 5.41) is 7.85. The SMILES string of the molecule is CCOc1ccc(C(=N)N)cc1Oc1nc(Oc2cccc(C(=O)N(C)C)c2)c2nc(C)n(C(CC(C)C)C(N)=O)c2n1. The van der Waals surface area contributed by atoms with E-state index in [0.717, 1.165) is 0 Å². The Morgan fingerprint density at radius 2 is 1.74 bits per heavy atom. The van der Waals surface area contributed by atoms with Crippen LogP contribution in [0.3, 0.4) is 0 Å². The molecule has 13 nitrogen and oxygen atoms in total. The molecule has 0 aliphatic heterocycles. The molecule has 0 aliphatic rings. The van der Waals surface area contributed by atoms with Gasteiger partial charge in [0, 0.05) is 25.2 Å². The van der Waals surface area contributed by atoms with Crippen LogP contribution in [0.1, 0.15) is 55.0 Å². The number of nitrogen functional groups attached to an aromatic ring is 1. The van der Waals surface area contributed by atoms with Crippen LogP contribution in [0.2, 0.25) is 0 Å². The summed E-state index contributed by atoms with van der Waals surface area (Å²) in [7, 11) is 3.32. The molecule has 4 aromatic rings. The predicted octanol–water partition coefficient (Wildman–Crippen LogP) is 4.18. The number of nitrogens with one attached hydrogen (secondary N) is 1. The normalized spacial score (nSPS) is 11.8. The number of carbonyl (C=O) groups excluding carboxylic acids is 2. The third kappa shape index (κ3) is 6.83. The second-order valence-electron chi connectivity index (χ2n) is 10.5. The lowest BCUT2D eigenvalue weighted by molar-refractivity contribution is -0.121. The van der Waals surface area contributed by atoms with Crippen molar-refractivity contribution in [2.75, 3.05) is 20.7 Å². The average molecular weight is 589 g/mol. The van der Waals surface area contributed by atoms with Crippen molar-refractivity contribution in [1.82, 2.24) is 24.4 Å². The molecule has 2 heterocycles. The van der Waals surface area contributed by atoms with Crippen molar-refractivity contribution in [2.24, 2.45) is 17.4 Å². The summed E-state index contributed by atoms with van der Waals surface area (Å²) in [6.07, 6.45) is 0.446. The Labute approximate surface area is 249 Å². The van der Waals surface area contributed by atoms with Crippen LogP contribution in [0.25, 0.3) is 11.2 Å². The van der Waals surface area contributed by atoms with Crippen molar-refractivity contribution in [3.8, 4) is 29.1 Å². The van der Waals surface area contributed by atoms with Crippen LogP contribution in [0.4, 0.5) is 0 Å². The van der Waals surface area contributed by atoms with Gasteiger partial charge < -0.3 is 30.6 Å². The van der Waals surface area contributed by atoms with E-state index in [0.29, 0.717) is 41.5 Å². The van der Waals surface area contributed by atoms with Gasteiger partial charge in [-0.3, -0.25) is 19.6 Å². The molecule has 1 atom stereocenters. The lowest BCUT2D eigenvalue weighted by Crippen LogP contribution is -2.28. The van der Waals surface area contributed by atoms with E-state index < -0.39 is 11.9 Å². The molecule has 0 fully saturated rings. The van der Waals surface area contributed by atoms with Crippen molar-refractivity contribution in [2.45, 2.75) is 40.2 Å². The van der Waals surface area contributed by atoms with Gasteiger partial charge in [0.15, 0.2) is 22.7 Å². The van der Waals surface area contributed by atoms with Gasteiger partial charge in [-0.05, 0) is 62.6 Å². The number of aromatic nitrogens is 4. The number of nitrogens with zero attached hydrogens (tertiary/aromatic N) is 5. The first kappa shape index (κ1) is 30.8. The van der Waals surface area contributed by atoms with E-state index in [1.165, 1.54) is 4.90 Å². The van der Waals surface area contributed by atoms with Crippen molar-refractivity contribution in [3.05, 3.63) is 59.4 Å². The van der Waals surface area contributed by atoms with Gasteiger partial charge in [0.1, 0.15) is 23.5 Å². The molecule has 0 aliphatic carbocycles. The molecule has 226 valence electrons. The summed E-state index contributed by atoms with van der Waals surface area (Å²) in [4.78, 5) is 40.5. The highest BCUT2D eigenvalue weighted by atomic mass is 16.5. The van der Waals surface area contributed by atoms with Gasteiger partial charge in [0.25, 0.3) is 11.8 Å².